The number of rotatable bonds is 6. The average molecular weight is 888 g/mol. The molecule has 1 unspecified atom stereocenters. The van der Waals surface area contributed by atoms with E-state index in [4.69, 9.17) is 0 Å². The van der Waals surface area contributed by atoms with Crippen molar-refractivity contribution in [1.82, 2.24) is 0 Å². The molecule has 4 heteroatoms. The van der Waals surface area contributed by atoms with Gasteiger partial charge >= 0.3 is 0 Å². The molecular formula is C64H46N3P. The van der Waals surface area contributed by atoms with E-state index in [9.17, 15) is 0 Å². The number of para-hydroxylation sites is 2. The van der Waals surface area contributed by atoms with Crippen molar-refractivity contribution in [3.63, 3.8) is 0 Å². The summed E-state index contributed by atoms with van der Waals surface area (Å²) in [7, 11) is -1.08. The van der Waals surface area contributed by atoms with Crippen LogP contribution in [0.2, 0.25) is 0 Å². The first kappa shape index (κ1) is 39.2. The first-order valence-electron chi connectivity index (χ1n) is 23.7. The van der Waals surface area contributed by atoms with Gasteiger partial charge in [0.15, 0.2) is 0 Å². The summed E-state index contributed by atoms with van der Waals surface area (Å²) < 4.78 is 5.18. The highest BCUT2D eigenvalue weighted by atomic mass is 31.1. The van der Waals surface area contributed by atoms with E-state index < -0.39 is 13.6 Å². The van der Waals surface area contributed by atoms with E-state index in [1.807, 2.05) is 0 Å². The van der Waals surface area contributed by atoms with E-state index in [1.54, 1.807) is 0 Å². The van der Waals surface area contributed by atoms with E-state index in [-0.39, 0.29) is 5.41 Å². The SMILES string of the molecule is CC1(C)c2ccccc2-c2c(N(c3ccc4c(c3)N(c3ccccc3)P(c3ccccc3)N4c3ccccc3)c3ccc4c(c3)C3(c5ccccc5-c5ccccc53)c3ccccc3-4)cccc21. The highest BCUT2D eigenvalue weighted by Crippen LogP contribution is 2.67. The number of benzene rings is 10. The molecule has 10 aromatic carbocycles. The van der Waals surface area contributed by atoms with E-state index in [1.165, 1.54) is 94.8 Å². The third kappa shape index (κ3) is 5.34. The Kier molecular flexibility index (Phi) is 8.52. The Balaban J connectivity index is 1.06. The van der Waals surface area contributed by atoms with Crippen molar-refractivity contribution < 1.29 is 0 Å². The minimum absolute atomic E-state index is 0.168. The Hall–Kier alpha value is -7.97. The van der Waals surface area contributed by atoms with Crippen molar-refractivity contribution >= 4 is 53.3 Å². The van der Waals surface area contributed by atoms with Gasteiger partial charge in [0.25, 0.3) is 0 Å². The largest absolute Gasteiger partial charge is 0.310 e. The van der Waals surface area contributed by atoms with Crippen LogP contribution in [0.5, 0.6) is 0 Å². The minimum Gasteiger partial charge on any atom is -0.310 e. The lowest BCUT2D eigenvalue weighted by molar-refractivity contribution is 0.660. The summed E-state index contributed by atoms with van der Waals surface area (Å²) in [5.74, 6) is 0. The van der Waals surface area contributed by atoms with Gasteiger partial charge in [0, 0.05) is 39.0 Å². The zero-order valence-electron chi connectivity index (χ0n) is 37.9. The highest BCUT2D eigenvalue weighted by Gasteiger charge is 2.52. The number of nitrogens with zero attached hydrogens (tertiary/aromatic N) is 3. The molecule has 1 aliphatic heterocycles. The molecule has 10 aromatic rings. The molecule has 14 rings (SSSR count). The van der Waals surface area contributed by atoms with Crippen molar-refractivity contribution in [3.8, 4) is 33.4 Å². The summed E-state index contributed by atoms with van der Waals surface area (Å²) in [5, 5.41) is 1.28. The zero-order chi connectivity index (χ0) is 45.1. The fourth-order valence-electron chi connectivity index (χ4n) is 12.3. The first-order chi connectivity index (χ1) is 33.5. The van der Waals surface area contributed by atoms with Gasteiger partial charge in [-0.25, -0.2) is 0 Å². The van der Waals surface area contributed by atoms with Crippen molar-refractivity contribution in [2.24, 2.45) is 0 Å². The van der Waals surface area contributed by atoms with E-state index in [0.29, 0.717) is 0 Å². The van der Waals surface area contributed by atoms with Crippen LogP contribution in [0.1, 0.15) is 47.2 Å². The molecule has 0 aromatic heterocycles. The number of hydrogen-bond donors (Lipinski definition) is 0. The molecule has 0 saturated heterocycles. The van der Waals surface area contributed by atoms with Crippen molar-refractivity contribution in [2.45, 2.75) is 24.7 Å². The summed E-state index contributed by atoms with van der Waals surface area (Å²) >= 11 is 0. The average Bonchev–Trinajstić information content (AvgIpc) is 4.08. The zero-order valence-corrected chi connectivity index (χ0v) is 38.8. The second-order valence-corrected chi connectivity index (χ2v) is 20.8. The lowest BCUT2D eigenvalue weighted by Crippen LogP contribution is -2.26. The van der Waals surface area contributed by atoms with E-state index in [0.717, 1.165) is 17.1 Å². The molecule has 1 atom stereocenters. The number of hydrogen-bond acceptors (Lipinski definition) is 3. The van der Waals surface area contributed by atoms with Crippen molar-refractivity contribution in [1.29, 1.82) is 0 Å². The maximum Gasteiger partial charge on any atom is 0.138 e. The van der Waals surface area contributed by atoms with Crippen LogP contribution in [0.4, 0.5) is 39.8 Å². The third-order valence-corrected chi connectivity index (χ3v) is 17.5. The molecular weight excluding hydrogens is 842 g/mol. The minimum atomic E-state index is -1.08. The van der Waals surface area contributed by atoms with Gasteiger partial charge in [-0.05, 0) is 122 Å². The quantitative estimate of drug-likeness (QED) is 0.154. The third-order valence-electron chi connectivity index (χ3n) is 15.1. The fraction of sp³-hybridized carbons (Fsp3) is 0.0625. The summed E-state index contributed by atoms with van der Waals surface area (Å²) in [4.78, 5) is 2.57. The lowest BCUT2D eigenvalue weighted by Gasteiger charge is -2.33. The first-order valence-corrected chi connectivity index (χ1v) is 24.9. The smallest absolute Gasteiger partial charge is 0.138 e. The van der Waals surface area contributed by atoms with Crippen LogP contribution in [0.15, 0.2) is 243 Å². The second-order valence-electron chi connectivity index (χ2n) is 18.9. The van der Waals surface area contributed by atoms with E-state index in [2.05, 4.69) is 271 Å². The van der Waals surface area contributed by atoms with Gasteiger partial charge in [0.2, 0.25) is 0 Å². The van der Waals surface area contributed by atoms with Gasteiger partial charge in [-0.2, -0.15) is 0 Å². The fourth-order valence-corrected chi connectivity index (χ4v) is 14.8. The molecule has 3 aliphatic carbocycles. The Morgan fingerprint density at radius 2 is 0.809 bits per heavy atom. The summed E-state index contributed by atoms with van der Waals surface area (Å²) in [5.41, 5.74) is 23.3. The molecule has 1 heterocycles. The normalized spacial score (nSPS) is 15.8. The second kappa shape index (κ2) is 14.8. The number of fused-ring (bicyclic) bond motifs is 14. The standard InChI is InChI=1S/C64H46N3P/c1-63(2)53-31-16-15-30-52(53)62-57(63)35-20-36-60(62)65(45-37-39-51-50-29-14-19-34-56(50)64(58(51)41-45)54-32-17-12-27-48(54)49-28-13-18-33-55(49)64)46-38-40-59-61(42-46)67(44-23-8-4-9-24-44)68(47-25-10-5-11-26-47)66(59)43-21-6-3-7-22-43/h3-42H,1-2H3. The topological polar surface area (TPSA) is 9.72 Å². The molecule has 0 N–H and O–H groups in total. The Bertz CT molecular complexity index is 3580. The van der Waals surface area contributed by atoms with Crippen LogP contribution in [-0.2, 0) is 10.8 Å². The lowest BCUT2D eigenvalue weighted by atomic mass is 9.70. The Labute approximate surface area is 399 Å². The molecule has 0 radical (unpaired) electrons. The maximum atomic E-state index is 2.60. The van der Waals surface area contributed by atoms with Crippen molar-refractivity contribution in [3.05, 3.63) is 276 Å². The van der Waals surface area contributed by atoms with Crippen LogP contribution in [0.3, 0.4) is 0 Å². The Morgan fingerprint density at radius 1 is 0.353 bits per heavy atom. The predicted molar refractivity (Wildman–Crippen MR) is 285 cm³/mol. The molecule has 3 nitrogen and oxygen atoms in total. The summed E-state index contributed by atoms with van der Waals surface area (Å²) in [6.07, 6.45) is 0. The highest BCUT2D eigenvalue weighted by molar-refractivity contribution is 7.70. The van der Waals surface area contributed by atoms with Crippen LogP contribution in [0, 0.1) is 0 Å². The Morgan fingerprint density at radius 3 is 1.41 bits per heavy atom. The van der Waals surface area contributed by atoms with Crippen molar-refractivity contribution in [2.75, 3.05) is 14.2 Å². The predicted octanol–water partition coefficient (Wildman–Crippen LogP) is 16.7. The molecule has 322 valence electrons. The molecule has 68 heavy (non-hydrogen) atoms. The molecule has 0 fully saturated rings. The molecule has 4 aliphatic rings. The van der Waals surface area contributed by atoms with Gasteiger partial charge in [-0.15, -0.1) is 0 Å². The van der Waals surface area contributed by atoms with Crippen LogP contribution in [0.25, 0.3) is 33.4 Å². The van der Waals surface area contributed by atoms with Gasteiger partial charge < -0.3 is 4.90 Å². The van der Waals surface area contributed by atoms with Crippen LogP contribution < -0.4 is 19.5 Å². The summed E-state index contributed by atoms with van der Waals surface area (Å²) in [6.45, 7) is 4.77. The molecule has 0 saturated carbocycles. The van der Waals surface area contributed by atoms with Gasteiger partial charge in [-0.3, -0.25) is 9.34 Å². The number of anilines is 7. The molecule has 0 bridgehead atoms. The molecule has 0 amide bonds. The maximum absolute atomic E-state index is 2.60. The molecule has 1 spiro atoms. The van der Waals surface area contributed by atoms with Gasteiger partial charge in [-0.1, -0.05) is 196 Å². The summed E-state index contributed by atoms with van der Waals surface area (Å²) in [6, 6.07) is 90.9. The van der Waals surface area contributed by atoms with Gasteiger partial charge in [0.05, 0.1) is 22.5 Å². The van der Waals surface area contributed by atoms with E-state index >= 15 is 0 Å². The van der Waals surface area contributed by atoms with Crippen LogP contribution >= 0.6 is 8.22 Å². The monoisotopic (exact) mass is 887 g/mol. The van der Waals surface area contributed by atoms with Crippen LogP contribution in [-0.4, -0.2) is 0 Å². The van der Waals surface area contributed by atoms with Gasteiger partial charge in [0.1, 0.15) is 8.22 Å².